The van der Waals surface area contributed by atoms with Gasteiger partial charge in [-0.25, -0.2) is 0 Å². The van der Waals surface area contributed by atoms with E-state index in [2.05, 4.69) is 25.4 Å². The molecule has 0 unspecified atom stereocenters. The molecule has 1 fully saturated rings. The number of amides is 3. The molecule has 4 heterocycles. The Bertz CT molecular complexity index is 1150. The second-order valence-electron chi connectivity index (χ2n) is 6.72. The van der Waals surface area contributed by atoms with Gasteiger partial charge in [0, 0.05) is 56.3 Å². The Morgan fingerprint density at radius 3 is 2.78 bits per heavy atom. The highest BCUT2D eigenvalue weighted by Gasteiger charge is 2.34. The van der Waals surface area contributed by atoms with Crippen molar-refractivity contribution in [2.24, 2.45) is 0 Å². The van der Waals surface area contributed by atoms with Crippen molar-refractivity contribution >= 4 is 34.9 Å². The minimum Gasteiger partial charge on any atom is -0.354 e. The van der Waals surface area contributed by atoms with Crippen LogP contribution in [-0.2, 0) is 16.0 Å². The molecule has 3 amide bonds. The Labute approximate surface area is 187 Å². The van der Waals surface area contributed by atoms with E-state index in [0.29, 0.717) is 16.6 Å². The van der Waals surface area contributed by atoms with Crippen LogP contribution in [0.15, 0.2) is 58.5 Å². The van der Waals surface area contributed by atoms with Gasteiger partial charge in [0.2, 0.25) is 17.6 Å². The van der Waals surface area contributed by atoms with E-state index in [1.807, 2.05) is 0 Å². The van der Waals surface area contributed by atoms with E-state index in [1.54, 1.807) is 55.1 Å². The number of hydrogen-bond acceptors (Lipinski definition) is 9. The van der Waals surface area contributed by atoms with E-state index in [1.165, 1.54) is 0 Å². The number of carbonyl (C=O) groups is 3. The van der Waals surface area contributed by atoms with E-state index in [9.17, 15) is 14.4 Å². The molecule has 1 saturated heterocycles. The molecule has 0 atom stereocenters. The molecule has 3 aromatic heterocycles. The molecule has 0 saturated carbocycles. The number of carbonyl (C=O) groups excluding carboxylic acids is 3. The average Bonchev–Trinajstić information content (AvgIpc) is 3.39. The predicted molar refractivity (Wildman–Crippen MR) is 116 cm³/mol. The number of thioether (sulfide) groups is 1. The van der Waals surface area contributed by atoms with Crippen LogP contribution in [0.2, 0.25) is 0 Å². The van der Waals surface area contributed by atoms with Gasteiger partial charge in [-0.05, 0) is 41.6 Å². The second kappa shape index (κ2) is 9.96. The Morgan fingerprint density at radius 2 is 2.00 bits per heavy atom. The monoisotopic (exact) mass is 450 g/mol. The third-order valence-electron chi connectivity index (χ3n) is 4.49. The zero-order valence-electron chi connectivity index (χ0n) is 16.8. The first kappa shape index (κ1) is 21.4. The molecule has 11 heteroatoms. The number of nitrogens with one attached hydrogen (secondary N) is 1. The van der Waals surface area contributed by atoms with Crippen LogP contribution in [0.4, 0.5) is 4.79 Å². The maximum absolute atomic E-state index is 12.5. The molecule has 1 N–H and O–H groups in total. The number of aryl methyl sites for hydroxylation is 1. The molecular weight excluding hydrogens is 432 g/mol. The molecule has 10 nitrogen and oxygen atoms in total. The van der Waals surface area contributed by atoms with Gasteiger partial charge in [-0.3, -0.25) is 29.3 Å². The highest BCUT2D eigenvalue weighted by atomic mass is 32.2. The molecule has 0 bridgehead atoms. The van der Waals surface area contributed by atoms with Gasteiger partial charge in [-0.2, -0.15) is 4.98 Å². The van der Waals surface area contributed by atoms with Crippen molar-refractivity contribution in [1.82, 2.24) is 30.3 Å². The van der Waals surface area contributed by atoms with Crippen LogP contribution in [0, 0.1) is 0 Å². The van der Waals surface area contributed by atoms with Crippen molar-refractivity contribution in [3.05, 3.63) is 65.4 Å². The van der Waals surface area contributed by atoms with E-state index in [4.69, 9.17) is 4.52 Å². The van der Waals surface area contributed by atoms with Crippen LogP contribution in [-0.4, -0.2) is 55.2 Å². The summed E-state index contributed by atoms with van der Waals surface area (Å²) >= 11 is 0.870. The van der Waals surface area contributed by atoms with E-state index in [-0.39, 0.29) is 43.0 Å². The zero-order valence-corrected chi connectivity index (χ0v) is 17.6. The largest absolute Gasteiger partial charge is 0.354 e. The number of aromatic nitrogens is 4. The quantitative estimate of drug-likeness (QED) is 0.514. The number of pyridine rings is 2. The fraction of sp³-hybridized carbons (Fsp3) is 0.190. The first-order valence-electron chi connectivity index (χ1n) is 9.75. The molecule has 1 aliphatic rings. The lowest BCUT2D eigenvalue weighted by atomic mass is 10.2. The summed E-state index contributed by atoms with van der Waals surface area (Å²) in [7, 11) is 0. The Balaban J connectivity index is 1.23. The molecule has 32 heavy (non-hydrogen) atoms. The number of hydrogen-bond donors (Lipinski definition) is 1. The lowest BCUT2D eigenvalue weighted by Gasteiger charge is -2.12. The zero-order chi connectivity index (χ0) is 22.3. The van der Waals surface area contributed by atoms with Crippen molar-refractivity contribution in [3.8, 4) is 11.4 Å². The number of rotatable bonds is 8. The van der Waals surface area contributed by atoms with Gasteiger partial charge in [0.1, 0.15) is 0 Å². The van der Waals surface area contributed by atoms with Crippen molar-refractivity contribution in [2.75, 3.05) is 13.1 Å². The SMILES string of the molecule is O=C(CCc1nc(-c2ccncc2)no1)NCCN1C(=O)S/C(=C\c2cccnc2)C1=O. The third-order valence-corrected chi connectivity index (χ3v) is 5.39. The Morgan fingerprint density at radius 1 is 1.16 bits per heavy atom. The van der Waals surface area contributed by atoms with Gasteiger partial charge in [0.25, 0.3) is 11.1 Å². The maximum atomic E-state index is 12.5. The Kier molecular flexibility index (Phi) is 6.66. The van der Waals surface area contributed by atoms with Crippen LogP contribution in [0.1, 0.15) is 17.9 Å². The van der Waals surface area contributed by atoms with Gasteiger partial charge in [0.15, 0.2) is 0 Å². The predicted octanol–water partition coefficient (Wildman–Crippen LogP) is 2.31. The topological polar surface area (TPSA) is 131 Å². The minimum absolute atomic E-state index is 0.0908. The molecule has 0 radical (unpaired) electrons. The van der Waals surface area contributed by atoms with E-state index >= 15 is 0 Å². The molecular formula is C21H18N6O4S. The summed E-state index contributed by atoms with van der Waals surface area (Å²) in [5.41, 5.74) is 1.51. The third kappa shape index (κ3) is 5.24. The van der Waals surface area contributed by atoms with Crippen LogP contribution in [0.5, 0.6) is 0 Å². The molecule has 0 aromatic carbocycles. The smallest absolute Gasteiger partial charge is 0.293 e. The Hall–Kier alpha value is -3.86. The lowest BCUT2D eigenvalue weighted by Crippen LogP contribution is -2.37. The molecule has 3 aromatic rings. The first-order chi connectivity index (χ1) is 15.6. The van der Waals surface area contributed by atoms with Crippen LogP contribution < -0.4 is 5.32 Å². The van der Waals surface area contributed by atoms with Crippen LogP contribution in [0.3, 0.4) is 0 Å². The van der Waals surface area contributed by atoms with Gasteiger partial charge in [0.05, 0.1) is 4.91 Å². The maximum Gasteiger partial charge on any atom is 0.293 e. The summed E-state index contributed by atoms with van der Waals surface area (Å²) in [6, 6.07) is 7.07. The summed E-state index contributed by atoms with van der Waals surface area (Å²) < 4.78 is 5.17. The van der Waals surface area contributed by atoms with Gasteiger partial charge in [-0.1, -0.05) is 11.2 Å². The summed E-state index contributed by atoms with van der Waals surface area (Å²) in [6.07, 6.45) is 8.54. The molecule has 162 valence electrons. The van der Waals surface area contributed by atoms with Gasteiger partial charge < -0.3 is 9.84 Å². The van der Waals surface area contributed by atoms with Gasteiger partial charge in [-0.15, -0.1) is 0 Å². The van der Waals surface area contributed by atoms with E-state index in [0.717, 1.165) is 27.8 Å². The average molecular weight is 450 g/mol. The fourth-order valence-electron chi connectivity index (χ4n) is 2.90. The van der Waals surface area contributed by atoms with Crippen molar-refractivity contribution < 1.29 is 18.9 Å². The van der Waals surface area contributed by atoms with Crippen LogP contribution >= 0.6 is 11.8 Å². The van der Waals surface area contributed by atoms with Crippen molar-refractivity contribution in [3.63, 3.8) is 0 Å². The lowest BCUT2D eigenvalue weighted by molar-refractivity contribution is -0.124. The van der Waals surface area contributed by atoms with Crippen molar-refractivity contribution in [2.45, 2.75) is 12.8 Å². The number of imide groups is 1. The number of nitrogens with zero attached hydrogens (tertiary/aromatic N) is 5. The minimum atomic E-state index is -0.382. The van der Waals surface area contributed by atoms with Crippen LogP contribution in [0.25, 0.3) is 17.5 Å². The first-order valence-corrected chi connectivity index (χ1v) is 10.6. The summed E-state index contributed by atoms with van der Waals surface area (Å²) in [6.45, 7) is 0.247. The highest BCUT2D eigenvalue weighted by Crippen LogP contribution is 2.31. The van der Waals surface area contributed by atoms with Gasteiger partial charge >= 0.3 is 0 Å². The summed E-state index contributed by atoms with van der Waals surface area (Å²) in [5.74, 6) is 0.152. The van der Waals surface area contributed by atoms with Crippen molar-refractivity contribution in [1.29, 1.82) is 0 Å². The van der Waals surface area contributed by atoms with E-state index < -0.39 is 0 Å². The molecule has 0 aliphatic carbocycles. The summed E-state index contributed by atoms with van der Waals surface area (Å²) in [5, 5.41) is 6.23. The second-order valence-corrected chi connectivity index (χ2v) is 7.71. The molecule has 0 spiro atoms. The molecule has 1 aliphatic heterocycles. The normalized spacial score (nSPS) is 14.9. The fourth-order valence-corrected chi connectivity index (χ4v) is 3.76. The molecule has 4 rings (SSSR count). The summed E-state index contributed by atoms with van der Waals surface area (Å²) in [4.78, 5) is 50.4. The highest BCUT2D eigenvalue weighted by molar-refractivity contribution is 8.18. The standard InChI is InChI=1S/C21H18N6O4S/c28-17(3-4-18-25-19(26-31-18)15-5-8-22-9-6-15)24-10-11-27-20(29)16(32-21(27)30)12-14-2-1-7-23-13-14/h1-2,5-9,12-13H,3-4,10-11H2,(H,24,28)/b16-12-.